The summed E-state index contributed by atoms with van der Waals surface area (Å²) in [6.07, 6.45) is 1.65. The van der Waals surface area contributed by atoms with Crippen LogP contribution in [0.4, 0.5) is 4.20 Å². The molecular weight excluding hydrogens is 212 g/mol. The van der Waals surface area contributed by atoms with Crippen LogP contribution >= 0.6 is 7.91 Å². The highest BCUT2D eigenvalue weighted by Gasteiger charge is 2.32. The Morgan fingerprint density at radius 2 is 2.08 bits per heavy atom. The van der Waals surface area contributed by atoms with E-state index in [2.05, 4.69) is 4.21 Å². The molecule has 0 radical (unpaired) electrons. The van der Waals surface area contributed by atoms with Gasteiger partial charge in [0.2, 0.25) is 8.32 Å². The third kappa shape index (κ3) is 8.58. The van der Waals surface area contributed by atoms with Gasteiger partial charge >= 0.3 is 7.91 Å². The SMILES string of the molecule is C[Si](C)(CCCCN)OP(=O)(O)F. The van der Waals surface area contributed by atoms with Crippen LogP contribution in [-0.4, -0.2) is 19.8 Å². The van der Waals surface area contributed by atoms with Gasteiger partial charge in [0.15, 0.2) is 0 Å². The van der Waals surface area contributed by atoms with Gasteiger partial charge in [-0.1, -0.05) is 6.42 Å². The lowest BCUT2D eigenvalue weighted by molar-refractivity contribution is 0.326. The van der Waals surface area contributed by atoms with Crippen molar-refractivity contribution in [2.45, 2.75) is 32.0 Å². The highest BCUT2D eigenvalue weighted by Crippen LogP contribution is 2.47. The number of unbranched alkanes of at least 4 members (excludes halogenated alkanes) is 1. The van der Waals surface area contributed by atoms with Gasteiger partial charge in [0, 0.05) is 0 Å². The third-order valence-electron chi connectivity index (χ3n) is 1.59. The number of nitrogens with two attached hydrogens (primary N) is 1. The highest BCUT2D eigenvalue weighted by molar-refractivity contribution is 7.48. The van der Waals surface area contributed by atoms with E-state index in [1.165, 1.54) is 0 Å². The first-order valence-corrected chi connectivity index (χ1v) is 8.78. The third-order valence-corrected chi connectivity index (χ3v) is 6.03. The van der Waals surface area contributed by atoms with Crippen molar-refractivity contribution < 1.29 is 17.9 Å². The van der Waals surface area contributed by atoms with Crippen molar-refractivity contribution in [3.63, 3.8) is 0 Å². The lowest BCUT2D eigenvalue weighted by Crippen LogP contribution is -2.28. The summed E-state index contributed by atoms with van der Waals surface area (Å²) in [4.78, 5) is 8.39. The summed E-state index contributed by atoms with van der Waals surface area (Å²) < 4.78 is 27.1. The average molecular weight is 229 g/mol. The van der Waals surface area contributed by atoms with Crippen LogP contribution in [0.5, 0.6) is 0 Å². The summed E-state index contributed by atoms with van der Waals surface area (Å²) in [5.41, 5.74) is 5.28. The molecule has 0 spiro atoms. The van der Waals surface area contributed by atoms with E-state index < -0.39 is 16.2 Å². The van der Waals surface area contributed by atoms with Crippen molar-refractivity contribution in [2.75, 3.05) is 6.54 Å². The second-order valence-corrected chi connectivity index (χ2v) is 9.20. The second kappa shape index (κ2) is 5.22. The van der Waals surface area contributed by atoms with E-state index in [-0.39, 0.29) is 0 Å². The molecule has 3 N–H and O–H groups in total. The molecule has 80 valence electrons. The maximum Gasteiger partial charge on any atom is 0.500 e. The Morgan fingerprint density at radius 1 is 1.54 bits per heavy atom. The molecule has 0 aliphatic rings. The number of hydrogen-bond donors (Lipinski definition) is 2. The zero-order valence-electron chi connectivity index (χ0n) is 7.99. The summed E-state index contributed by atoms with van der Waals surface area (Å²) in [7, 11) is -7.13. The smallest absolute Gasteiger partial charge is 0.330 e. The predicted molar refractivity (Wildman–Crippen MR) is 52.6 cm³/mol. The Morgan fingerprint density at radius 3 is 2.46 bits per heavy atom. The zero-order valence-corrected chi connectivity index (χ0v) is 9.89. The first-order chi connectivity index (χ1) is 5.77. The second-order valence-electron chi connectivity index (χ2n) is 3.55. The van der Waals surface area contributed by atoms with Gasteiger partial charge in [0.05, 0.1) is 0 Å². The molecule has 0 fully saturated rings. The fourth-order valence-electron chi connectivity index (χ4n) is 1.05. The summed E-state index contributed by atoms with van der Waals surface area (Å²) in [5, 5.41) is 0. The van der Waals surface area contributed by atoms with Crippen LogP contribution in [0.25, 0.3) is 0 Å². The van der Waals surface area contributed by atoms with Crippen molar-refractivity contribution in [1.82, 2.24) is 0 Å². The molecule has 0 saturated carbocycles. The summed E-state index contributed by atoms with van der Waals surface area (Å²) >= 11 is 0. The molecule has 1 atom stereocenters. The lowest BCUT2D eigenvalue weighted by Gasteiger charge is -2.21. The quantitative estimate of drug-likeness (QED) is 0.415. The van der Waals surface area contributed by atoms with Gasteiger partial charge in [-0.05, 0) is 32.1 Å². The Labute approximate surface area is 79.1 Å². The van der Waals surface area contributed by atoms with Crippen LogP contribution in [0.15, 0.2) is 0 Å². The molecule has 0 rings (SSSR count). The van der Waals surface area contributed by atoms with Gasteiger partial charge in [0.1, 0.15) is 0 Å². The average Bonchev–Trinajstić information content (AvgIpc) is 1.81. The summed E-state index contributed by atoms with van der Waals surface area (Å²) in [5.74, 6) is 0. The Kier molecular flexibility index (Phi) is 5.32. The van der Waals surface area contributed by atoms with Crippen molar-refractivity contribution in [1.29, 1.82) is 0 Å². The van der Waals surface area contributed by atoms with Gasteiger partial charge in [-0.3, -0.25) is 4.89 Å². The predicted octanol–water partition coefficient (Wildman–Crippen LogP) is 2.02. The summed E-state index contributed by atoms with van der Waals surface area (Å²) in [6, 6.07) is 0.651. The van der Waals surface area contributed by atoms with Gasteiger partial charge in [-0.25, -0.2) is 4.57 Å². The van der Waals surface area contributed by atoms with Crippen LogP contribution < -0.4 is 5.73 Å². The van der Waals surface area contributed by atoms with E-state index in [1.807, 2.05) is 0 Å². The van der Waals surface area contributed by atoms with Crippen molar-refractivity contribution in [3.8, 4) is 0 Å². The molecule has 0 aliphatic heterocycles. The molecular formula is C6H17FNO3PSi. The van der Waals surface area contributed by atoms with Crippen molar-refractivity contribution in [2.24, 2.45) is 5.73 Å². The molecule has 13 heavy (non-hydrogen) atoms. The van der Waals surface area contributed by atoms with Gasteiger partial charge < -0.3 is 9.95 Å². The molecule has 1 unspecified atom stereocenters. The minimum atomic E-state index is -4.81. The molecule has 0 bridgehead atoms. The first-order valence-electron chi connectivity index (χ1n) is 4.20. The van der Waals surface area contributed by atoms with Crippen LogP contribution in [0, 0.1) is 0 Å². The Balaban J connectivity index is 3.87. The van der Waals surface area contributed by atoms with E-state index in [0.29, 0.717) is 12.6 Å². The largest absolute Gasteiger partial charge is 0.500 e. The molecule has 7 heteroatoms. The molecule has 0 amide bonds. The van der Waals surface area contributed by atoms with E-state index in [0.717, 1.165) is 12.8 Å². The van der Waals surface area contributed by atoms with Gasteiger partial charge in [-0.15, -0.1) is 4.20 Å². The van der Waals surface area contributed by atoms with Crippen LogP contribution in [-0.2, 0) is 8.78 Å². The van der Waals surface area contributed by atoms with Crippen molar-refractivity contribution >= 4 is 16.2 Å². The molecule has 4 nitrogen and oxygen atoms in total. The van der Waals surface area contributed by atoms with E-state index in [9.17, 15) is 8.76 Å². The first kappa shape index (κ1) is 13.3. The highest BCUT2D eigenvalue weighted by atomic mass is 31.2. The van der Waals surface area contributed by atoms with E-state index in [1.54, 1.807) is 13.1 Å². The molecule has 0 saturated heterocycles. The summed E-state index contributed by atoms with van der Waals surface area (Å²) in [6.45, 7) is 4.01. The normalized spacial score (nSPS) is 17.0. The maximum absolute atomic E-state index is 12.3. The molecule has 0 aromatic heterocycles. The Hall–Kier alpha value is 0.257. The van der Waals surface area contributed by atoms with Crippen LogP contribution in [0.3, 0.4) is 0 Å². The number of rotatable bonds is 6. The fourth-order valence-corrected chi connectivity index (χ4v) is 4.95. The molecule has 0 aliphatic carbocycles. The van der Waals surface area contributed by atoms with Crippen molar-refractivity contribution in [3.05, 3.63) is 0 Å². The molecule has 0 aromatic carbocycles. The van der Waals surface area contributed by atoms with Gasteiger partial charge in [-0.2, -0.15) is 0 Å². The molecule has 0 heterocycles. The minimum absolute atomic E-state index is 0.580. The monoisotopic (exact) mass is 229 g/mol. The van der Waals surface area contributed by atoms with Crippen LogP contribution in [0.2, 0.25) is 19.1 Å². The van der Waals surface area contributed by atoms with Crippen LogP contribution in [0.1, 0.15) is 12.8 Å². The topological polar surface area (TPSA) is 72.5 Å². The Bertz CT molecular complexity index is 196. The molecule has 0 aromatic rings. The fraction of sp³-hybridized carbons (Fsp3) is 1.00. The zero-order chi connectivity index (χ0) is 10.5. The maximum atomic E-state index is 12.3. The number of hydrogen-bond acceptors (Lipinski definition) is 3. The van der Waals surface area contributed by atoms with E-state index >= 15 is 0 Å². The minimum Gasteiger partial charge on any atom is -0.330 e. The lowest BCUT2D eigenvalue weighted by atomic mass is 10.3. The van der Waals surface area contributed by atoms with E-state index in [4.69, 9.17) is 10.6 Å². The number of halogens is 1. The standard InChI is InChI=1S/C6H17FNO3PSi/c1-13(2,6-4-3-5-8)11-12(7,9)10/h3-6,8H2,1-2H3,(H,9,10). The van der Waals surface area contributed by atoms with Gasteiger partial charge in [0.25, 0.3) is 0 Å².